The molecular formula is C46H45ClN10O4S. The van der Waals surface area contributed by atoms with E-state index in [1.165, 1.54) is 4.88 Å². The first-order valence-corrected chi connectivity index (χ1v) is 22.2. The third kappa shape index (κ3) is 8.49. The smallest absolute Gasteiger partial charge is 0.272 e. The average Bonchev–Trinajstić information content (AvgIpc) is 4.00. The number of carbonyl (C=O) groups is 2. The van der Waals surface area contributed by atoms with Gasteiger partial charge in [0.1, 0.15) is 34.9 Å². The van der Waals surface area contributed by atoms with Gasteiger partial charge in [0.25, 0.3) is 11.8 Å². The van der Waals surface area contributed by atoms with Crippen molar-refractivity contribution in [3.63, 3.8) is 0 Å². The number of hydrogen-bond donors (Lipinski definition) is 1. The summed E-state index contributed by atoms with van der Waals surface area (Å²) < 4.78 is 13.8. The van der Waals surface area contributed by atoms with Crippen LogP contribution in [0, 0.1) is 38.0 Å². The van der Waals surface area contributed by atoms with Crippen LogP contribution in [0.1, 0.15) is 116 Å². The maximum absolute atomic E-state index is 13.8. The Morgan fingerprint density at radius 3 is 2.44 bits per heavy atom. The third-order valence-electron chi connectivity index (χ3n) is 12.2. The molecule has 2 aromatic carbocycles. The fourth-order valence-electron chi connectivity index (χ4n) is 8.66. The molecule has 1 saturated heterocycles. The number of aryl methyl sites for hydroxylation is 2. The quantitative estimate of drug-likeness (QED) is 0.142. The lowest BCUT2D eigenvalue weighted by molar-refractivity contribution is 0.0690. The minimum Gasteiger partial charge on any atom is -0.490 e. The Morgan fingerprint density at radius 2 is 1.74 bits per heavy atom. The molecule has 4 aromatic heterocycles. The van der Waals surface area contributed by atoms with Crippen molar-refractivity contribution in [2.45, 2.75) is 90.3 Å². The van der Waals surface area contributed by atoms with Gasteiger partial charge < -0.3 is 19.4 Å². The van der Waals surface area contributed by atoms with Crippen LogP contribution in [-0.4, -0.2) is 77.6 Å². The summed E-state index contributed by atoms with van der Waals surface area (Å²) in [6, 6.07) is 18.2. The number of likely N-dealkylation sites (tertiary alicyclic amines) is 1. The molecule has 2 aliphatic heterocycles. The van der Waals surface area contributed by atoms with Crippen LogP contribution in [0.15, 0.2) is 76.5 Å². The summed E-state index contributed by atoms with van der Waals surface area (Å²) in [6.45, 7) is 7.51. The number of hydrogen-bond acceptors (Lipinski definition) is 12. The minimum atomic E-state index is -0.373. The summed E-state index contributed by atoms with van der Waals surface area (Å²) in [5.41, 5.74) is 6.14. The molecule has 1 atom stereocenters. The zero-order chi connectivity index (χ0) is 42.9. The fraction of sp³-hybridized carbons (Fsp3) is 0.370. The van der Waals surface area contributed by atoms with E-state index in [0.717, 1.165) is 89.7 Å². The highest BCUT2D eigenvalue weighted by atomic mass is 35.5. The Bertz CT molecular complexity index is 2670. The van der Waals surface area contributed by atoms with Crippen molar-refractivity contribution in [1.29, 1.82) is 5.26 Å². The molecule has 1 aliphatic carbocycles. The number of halogens is 1. The highest BCUT2D eigenvalue weighted by Gasteiger charge is 2.33. The standard InChI is InChI=1S/C46H45ClN10O4S/c1-26-27(2)62-46-41(26)42(51-39(24-40-49-18-21-60-40)43-55-52-28(3)57(43)46)30-4-6-31(7-5-30)45(59)56-19-16-29(17-20-56)22-34-11-15-38(54-53-34)44(58)50-33-9-13-35(14-10-33)61-36-12-8-32(25-48)37(47)23-36/h4-8,11-12,15,18,21,23,29,33,35,39H,9-10,13-14,16-17,19-20,22,24H2,1-3H3,(H,50,58)/t33?,35?,39-/m0/s1. The molecule has 0 bridgehead atoms. The number of oxazole rings is 1. The van der Waals surface area contributed by atoms with Crippen LogP contribution >= 0.6 is 22.9 Å². The number of amides is 2. The van der Waals surface area contributed by atoms with Crippen molar-refractivity contribution < 1.29 is 18.7 Å². The van der Waals surface area contributed by atoms with Gasteiger partial charge in [-0.2, -0.15) is 10.4 Å². The Hall–Kier alpha value is -6.24. The van der Waals surface area contributed by atoms with Crippen LogP contribution in [-0.2, 0) is 12.8 Å². The van der Waals surface area contributed by atoms with Gasteiger partial charge in [-0.25, -0.2) is 4.98 Å². The van der Waals surface area contributed by atoms with Gasteiger partial charge in [-0.1, -0.05) is 23.7 Å². The van der Waals surface area contributed by atoms with E-state index < -0.39 is 0 Å². The number of thiophene rings is 1. The van der Waals surface area contributed by atoms with Crippen molar-refractivity contribution in [3.8, 4) is 16.8 Å². The van der Waals surface area contributed by atoms with E-state index in [2.05, 4.69) is 55.2 Å². The molecule has 3 aliphatic rings. The molecule has 16 heteroatoms. The van der Waals surface area contributed by atoms with Crippen molar-refractivity contribution in [2.24, 2.45) is 10.9 Å². The van der Waals surface area contributed by atoms with Crippen molar-refractivity contribution >= 4 is 40.5 Å². The highest BCUT2D eigenvalue weighted by molar-refractivity contribution is 7.15. The Labute approximate surface area is 368 Å². The van der Waals surface area contributed by atoms with E-state index in [1.54, 1.807) is 48.1 Å². The summed E-state index contributed by atoms with van der Waals surface area (Å²) >= 11 is 7.86. The van der Waals surface area contributed by atoms with Crippen LogP contribution in [0.4, 0.5) is 0 Å². The van der Waals surface area contributed by atoms with Crippen molar-refractivity contribution in [2.75, 3.05) is 13.1 Å². The SMILES string of the molecule is Cc1sc2c(c1C)C(c1ccc(C(=O)N3CCC(Cc4ccc(C(=O)NC5CCC(Oc6ccc(C#N)c(Cl)c6)CC5)nn4)CC3)cc1)=N[C@@H](Cc1ncco1)c1nnc(C)n1-2. The van der Waals surface area contributed by atoms with Crippen molar-refractivity contribution in [1.82, 2.24) is 40.2 Å². The van der Waals surface area contributed by atoms with Gasteiger partial charge in [0.05, 0.1) is 40.7 Å². The minimum absolute atomic E-state index is 0.0112. The predicted molar refractivity (Wildman–Crippen MR) is 233 cm³/mol. The molecule has 0 unspecified atom stereocenters. The van der Waals surface area contributed by atoms with E-state index in [4.69, 9.17) is 31.0 Å². The van der Waals surface area contributed by atoms with Crippen LogP contribution < -0.4 is 10.1 Å². The number of aliphatic imine (C=N–C) groups is 1. The third-order valence-corrected chi connectivity index (χ3v) is 13.7. The van der Waals surface area contributed by atoms with Gasteiger partial charge in [0, 0.05) is 46.8 Å². The normalized spacial score (nSPS) is 18.9. The van der Waals surface area contributed by atoms with Gasteiger partial charge in [-0.15, -0.1) is 26.6 Å². The second-order valence-corrected chi connectivity index (χ2v) is 17.9. The monoisotopic (exact) mass is 868 g/mol. The molecule has 2 fully saturated rings. The number of rotatable bonds is 10. The molecule has 14 nitrogen and oxygen atoms in total. The van der Waals surface area contributed by atoms with Gasteiger partial charge in [-0.05, 0) is 114 Å². The molecule has 1 saturated carbocycles. The maximum atomic E-state index is 13.8. The number of carbonyl (C=O) groups excluding carboxylic acids is 2. The Balaban J connectivity index is 0.780. The van der Waals surface area contributed by atoms with E-state index in [1.807, 2.05) is 42.2 Å². The number of benzene rings is 2. The lowest BCUT2D eigenvalue weighted by Gasteiger charge is -2.32. The number of nitriles is 1. The first kappa shape index (κ1) is 41.1. The molecule has 0 radical (unpaired) electrons. The lowest BCUT2D eigenvalue weighted by Crippen LogP contribution is -2.40. The molecule has 6 aromatic rings. The summed E-state index contributed by atoms with van der Waals surface area (Å²) in [6.07, 6.45) is 9.22. The number of nitrogens with one attached hydrogen (secondary N) is 1. The molecule has 9 rings (SSSR count). The molecule has 2 amide bonds. The second kappa shape index (κ2) is 17.6. The predicted octanol–water partition coefficient (Wildman–Crippen LogP) is 7.91. The molecular weight excluding hydrogens is 824 g/mol. The lowest BCUT2D eigenvalue weighted by atomic mass is 9.91. The molecule has 316 valence electrons. The average molecular weight is 869 g/mol. The number of nitrogens with zero attached hydrogens (tertiary/aromatic N) is 9. The van der Waals surface area contributed by atoms with E-state index in [9.17, 15) is 9.59 Å². The second-order valence-electron chi connectivity index (χ2n) is 16.3. The Morgan fingerprint density at radius 1 is 0.952 bits per heavy atom. The van der Waals surface area contributed by atoms with Crippen LogP contribution in [0.2, 0.25) is 5.02 Å². The number of fused-ring (bicyclic) bond motifs is 3. The first-order chi connectivity index (χ1) is 30.1. The van der Waals surface area contributed by atoms with Crippen LogP contribution in [0.5, 0.6) is 5.75 Å². The fourth-order valence-corrected chi connectivity index (χ4v) is 10.1. The largest absolute Gasteiger partial charge is 0.490 e. The summed E-state index contributed by atoms with van der Waals surface area (Å²) in [7, 11) is 0. The Kier molecular flexibility index (Phi) is 11.7. The maximum Gasteiger partial charge on any atom is 0.272 e. The molecule has 6 heterocycles. The van der Waals surface area contributed by atoms with Gasteiger partial charge in [0.2, 0.25) is 0 Å². The van der Waals surface area contributed by atoms with Gasteiger partial charge in [-0.3, -0.25) is 19.1 Å². The van der Waals surface area contributed by atoms with Crippen molar-refractivity contribution in [3.05, 3.63) is 134 Å². The van der Waals surface area contributed by atoms with Crippen LogP contribution in [0.25, 0.3) is 5.00 Å². The number of aromatic nitrogens is 6. The molecule has 0 spiro atoms. The molecule has 62 heavy (non-hydrogen) atoms. The highest BCUT2D eigenvalue weighted by Crippen LogP contribution is 2.40. The zero-order valence-electron chi connectivity index (χ0n) is 34.7. The topological polar surface area (TPSA) is 177 Å². The van der Waals surface area contributed by atoms with E-state index in [-0.39, 0.29) is 30.0 Å². The summed E-state index contributed by atoms with van der Waals surface area (Å²) in [5.74, 6) is 2.88. The first-order valence-electron chi connectivity index (χ1n) is 21.0. The molecule has 1 N–H and O–H groups in total. The van der Waals surface area contributed by atoms with Gasteiger partial charge >= 0.3 is 0 Å². The van der Waals surface area contributed by atoms with Gasteiger partial charge in [0.15, 0.2) is 17.4 Å². The number of piperidine rings is 1. The van der Waals surface area contributed by atoms with E-state index in [0.29, 0.717) is 58.9 Å². The number of ether oxygens (including phenoxy) is 1. The van der Waals surface area contributed by atoms with Crippen LogP contribution in [0.3, 0.4) is 0 Å². The zero-order valence-corrected chi connectivity index (χ0v) is 36.2. The summed E-state index contributed by atoms with van der Waals surface area (Å²) in [4.78, 5) is 39.6. The van der Waals surface area contributed by atoms with E-state index >= 15 is 0 Å². The summed E-state index contributed by atoms with van der Waals surface area (Å²) in [5, 5.41) is 31.3.